The molecule has 3 rings (SSSR count). The number of hydrogen-bond acceptors (Lipinski definition) is 8. The van der Waals surface area contributed by atoms with Gasteiger partial charge in [-0.1, -0.05) is 51.1 Å². The summed E-state index contributed by atoms with van der Waals surface area (Å²) in [7, 11) is 0. The summed E-state index contributed by atoms with van der Waals surface area (Å²) in [6, 6.07) is 11.6. The lowest BCUT2D eigenvalue weighted by atomic mass is 9.82. The minimum absolute atomic E-state index is 0.00546. The fraction of sp³-hybridized carbons (Fsp3) is 0.429. The molecule has 0 radical (unpaired) electrons. The van der Waals surface area contributed by atoms with E-state index in [1.54, 1.807) is 12.3 Å². The maximum atomic E-state index is 15.0. The van der Waals surface area contributed by atoms with Crippen LogP contribution in [0, 0.1) is 17.0 Å². The van der Waals surface area contributed by atoms with Crippen molar-refractivity contribution in [1.82, 2.24) is 20.1 Å². The van der Waals surface area contributed by atoms with Crippen molar-refractivity contribution in [3.8, 4) is 11.1 Å². The van der Waals surface area contributed by atoms with Crippen LogP contribution in [0.5, 0.6) is 0 Å². The monoisotopic (exact) mass is 716 g/mol. The molecule has 1 heterocycles. The van der Waals surface area contributed by atoms with Crippen molar-refractivity contribution < 1.29 is 38.2 Å². The van der Waals surface area contributed by atoms with Crippen LogP contribution in [-0.2, 0) is 25.7 Å². The van der Waals surface area contributed by atoms with Gasteiger partial charge in [-0.3, -0.25) is 19.2 Å². The number of carboxylic acid groups (broad SMARTS) is 1. The number of halogens is 2. The first-order valence-corrected chi connectivity index (χ1v) is 17.2. The van der Waals surface area contributed by atoms with Crippen LogP contribution in [0.1, 0.15) is 44.5 Å². The summed E-state index contributed by atoms with van der Waals surface area (Å²) >= 11 is 1.08. The van der Waals surface area contributed by atoms with Gasteiger partial charge in [-0.15, -0.1) is 11.8 Å². The van der Waals surface area contributed by atoms with Crippen LogP contribution in [0.15, 0.2) is 60.8 Å². The topological polar surface area (TPSA) is 193 Å². The molecule has 8 N–H and O–H groups in total. The minimum Gasteiger partial charge on any atom is -0.480 e. The van der Waals surface area contributed by atoms with Crippen LogP contribution in [0.2, 0.25) is 0 Å². The van der Waals surface area contributed by atoms with Crippen molar-refractivity contribution in [2.24, 2.45) is 16.9 Å². The third kappa shape index (κ3) is 11.6. The number of thioether (sulfide) groups is 1. The maximum Gasteiger partial charge on any atom is 0.321 e. The van der Waals surface area contributed by atoms with Crippen molar-refractivity contribution in [3.63, 3.8) is 0 Å². The second-order valence-electron chi connectivity index (χ2n) is 12.9. The van der Waals surface area contributed by atoms with Gasteiger partial charge >= 0.3 is 5.97 Å². The van der Waals surface area contributed by atoms with Gasteiger partial charge in [0.1, 0.15) is 24.3 Å². The molecule has 12 nitrogen and oxygen atoms in total. The summed E-state index contributed by atoms with van der Waals surface area (Å²) in [4.78, 5) is 50.4. The minimum atomic E-state index is -1.15. The van der Waals surface area contributed by atoms with Gasteiger partial charge in [0.2, 0.25) is 17.7 Å². The highest BCUT2D eigenvalue weighted by Crippen LogP contribution is 2.41. The third-order valence-corrected chi connectivity index (χ3v) is 8.91. The van der Waals surface area contributed by atoms with Gasteiger partial charge < -0.3 is 41.8 Å². The molecule has 3 aromatic rings. The summed E-state index contributed by atoms with van der Waals surface area (Å²) in [5.41, 5.74) is 13.0. The molecule has 0 bridgehead atoms. The second-order valence-corrected chi connectivity index (χ2v) is 13.9. The Kier molecular flexibility index (Phi) is 14.9. The van der Waals surface area contributed by atoms with Gasteiger partial charge in [-0.25, -0.2) is 8.78 Å². The number of nitrogens with two attached hydrogens (primary N) is 2. The molecule has 0 saturated carbocycles. The molecule has 3 atom stereocenters. The summed E-state index contributed by atoms with van der Waals surface area (Å²) in [5, 5.41) is 24.1. The SMILES string of the molecule is CC(C)(C)[C@H](c1cc(-c2cc(F)ccc2F)cn1Cc1ccccc1)N(CC[C@H](N)C(=O)NCCNC(=O)CSCC(N)C(=O)O)C(=O)CO. The number of hydrogen-bond donors (Lipinski definition) is 6. The highest BCUT2D eigenvalue weighted by Gasteiger charge is 2.37. The molecule has 0 aliphatic carbocycles. The molecule has 0 aliphatic heterocycles. The lowest BCUT2D eigenvalue weighted by Gasteiger charge is -2.41. The maximum absolute atomic E-state index is 15.0. The van der Waals surface area contributed by atoms with E-state index in [2.05, 4.69) is 10.6 Å². The quantitative estimate of drug-likeness (QED) is 0.107. The van der Waals surface area contributed by atoms with Crippen LogP contribution in [-0.4, -0.2) is 93.2 Å². The number of aliphatic hydroxyl groups excluding tert-OH is 1. The fourth-order valence-corrected chi connectivity index (χ4v) is 6.23. The Bertz CT molecular complexity index is 1620. The Morgan fingerprint density at radius 3 is 2.30 bits per heavy atom. The molecule has 1 unspecified atom stereocenters. The highest BCUT2D eigenvalue weighted by atomic mass is 32.2. The number of nitrogens with zero attached hydrogens (tertiary/aromatic N) is 2. The molecule has 0 fully saturated rings. The molecular weight excluding hydrogens is 670 g/mol. The van der Waals surface area contributed by atoms with Gasteiger partial charge in [0, 0.05) is 54.9 Å². The van der Waals surface area contributed by atoms with Crippen molar-refractivity contribution in [1.29, 1.82) is 0 Å². The normalized spacial score (nSPS) is 13.3. The van der Waals surface area contributed by atoms with E-state index in [0.717, 1.165) is 35.5 Å². The predicted octanol–water partition coefficient (Wildman–Crippen LogP) is 2.48. The second kappa shape index (κ2) is 18.6. The van der Waals surface area contributed by atoms with Gasteiger partial charge in [0.15, 0.2) is 0 Å². The van der Waals surface area contributed by atoms with E-state index in [-0.39, 0.29) is 49.0 Å². The van der Waals surface area contributed by atoms with Gasteiger partial charge in [-0.2, -0.15) is 0 Å². The molecule has 272 valence electrons. The van der Waals surface area contributed by atoms with Crippen molar-refractivity contribution in [2.75, 3.05) is 37.7 Å². The molecular formula is C35H46F2N6O6S. The van der Waals surface area contributed by atoms with Crippen LogP contribution in [0.25, 0.3) is 11.1 Å². The largest absolute Gasteiger partial charge is 0.480 e. The van der Waals surface area contributed by atoms with Crippen molar-refractivity contribution >= 4 is 35.5 Å². The number of rotatable bonds is 18. The lowest BCUT2D eigenvalue weighted by molar-refractivity contribution is -0.140. The molecule has 2 aromatic carbocycles. The Morgan fingerprint density at radius 1 is 0.980 bits per heavy atom. The smallest absolute Gasteiger partial charge is 0.321 e. The van der Waals surface area contributed by atoms with Gasteiger partial charge in [0.05, 0.1) is 17.8 Å². The number of amides is 3. The number of carbonyl (C=O) groups is 4. The average molecular weight is 717 g/mol. The van der Waals surface area contributed by atoms with E-state index < -0.39 is 59.6 Å². The highest BCUT2D eigenvalue weighted by molar-refractivity contribution is 8.00. The number of aliphatic hydroxyl groups is 1. The Balaban J connectivity index is 1.77. The molecule has 15 heteroatoms. The zero-order valence-corrected chi connectivity index (χ0v) is 29.2. The van der Waals surface area contributed by atoms with E-state index in [4.69, 9.17) is 16.6 Å². The molecule has 50 heavy (non-hydrogen) atoms. The first-order chi connectivity index (χ1) is 23.6. The van der Waals surface area contributed by atoms with E-state index in [1.165, 1.54) is 4.90 Å². The molecule has 3 amide bonds. The number of nitrogens with one attached hydrogen (secondary N) is 2. The Hall–Kier alpha value is -4.31. The standard InChI is InChI=1S/C35H46F2N6O6S/c1-35(2,3)32(29-15-23(25-16-24(36)9-10-26(25)37)18-42(29)17-22-7-5-4-6-8-22)43(31(46)19-44)14-11-27(38)33(47)41-13-12-40-30(45)21-50-20-28(39)34(48)49/h4-10,15-16,18,27-28,32,44H,11-14,17,19-21,38-39H2,1-3H3,(H,40,45)(H,41,47)(H,48,49)/t27-,28?,32-/m0/s1. The number of aromatic nitrogens is 1. The summed E-state index contributed by atoms with van der Waals surface area (Å²) in [5.74, 6) is -3.75. The van der Waals surface area contributed by atoms with Crippen LogP contribution < -0.4 is 22.1 Å². The van der Waals surface area contributed by atoms with E-state index in [1.807, 2.05) is 55.7 Å². The van der Waals surface area contributed by atoms with Gasteiger partial charge in [-0.05, 0) is 41.7 Å². The van der Waals surface area contributed by atoms with E-state index in [9.17, 15) is 33.1 Å². The summed E-state index contributed by atoms with van der Waals surface area (Å²) in [6.45, 7) is 5.47. The molecule has 0 aliphatic rings. The Labute approximate surface area is 294 Å². The van der Waals surface area contributed by atoms with Crippen molar-refractivity contribution in [2.45, 2.75) is 51.9 Å². The summed E-state index contributed by atoms with van der Waals surface area (Å²) < 4.78 is 31.1. The molecule has 0 spiro atoms. The lowest BCUT2D eigenvalue weighted by Crippen LogP contribution is -2.48. The first kappa shape index (κ1) is 40.1. The van der Waals surface area contributed by atoms with Crippen LogP contribution in [0.3, 0.4) is 0 Å². The molecule has 0 saturated heterocycles. The summed E-state index contributed by atoms with van der Waals surface area (Å²) in [6.07, 6.45) is 1.74. The predicted molar refractivity (Wildman–Crippen MR) is 188 cm³/mol. The van der Waals surface area contributed by atoms with E-state index >= 15 is 0 Å². The molecule has 1 aromatic heterocycles. The number of carboxylic acids is 1. The average Bonchev–Trinajstić information content (AvgIpc) is 3.47. The van der Waals surface area contributed by atoms with Crippen LogP contribution >= 0.6 is 11.8 Å². The Morgan fingerprint density at radius 2 is 1.66 bits per heavy atom. The fourth-order valence-electron chi connectivity index (χ4n) is 5.43. The number of carbonyl (C=O) groups excluding carboxylic acids is 3. The van der Waals surface area contributed by atoms with Crippen LogP contribution in [0.4, 0.5) is 8.78 Å². The zero-order chi connectivity index (χ0) is 37.0. The zero-order valence-electron chi connectivity index (χ0n) is 28.4. The van der Waals surface area contributed by atoms with Gasteiger partial charge in [0.25, 0.3) is 0 Å². The first-order valence-electron chi connectivity index (χ1n) is 16.1. The van der Waals surface area contributed by atoms with E-state index in [0.29, 0.717) is 17.8 Å². The van der Waals surface area contributed by atoms with Crippen molar-refractivity contribution in [3.05, 3.63) is 83.7 Å². The third-order valence-electron chi connectivity index (χ3n) is 7.84. The number of aliphatic carboxylic acids is 1. The number of benzene rings is 2.